The van der Waals surface area contributed by atoms with Crippen molar-refractivity contribution in [1.82, 2.24) is 24.7 Å². The first-order chi connectivity index (χ1) is 16.5. The van der Waals surface area contributed by atoms with Crippen LogP contribution in [0.5, 0.6) is 0 Å². The molecule has 3 aromatic heterocycles. The summed E-state index contributed by atoms with van der Waals surface area (Å²) in [6, 6.07) is 19.1. The van der Waals surface area contributed by atoms with Gasteiger partial charge in [-0.3, -0.25) is 4.79 Å². The molecule has 0 saturated carbocycles. The van der Waals surface area contributed by atoms with Crippen molar-refractivity contribution in [3.8, 4) is 22.5 Å². The molecule has 8 heteroatoms. The molecule has 0 bridgehead atoms. The minimum Gasteiger partial charge on any atom is -0.306 e. The molecular weight excluding hydrogens is 431 g/mol. The smallest absolute Gasteiger partial charge is 0.257 e. The average Bonchev–Trinajstić information content (AvgIpc) is 3.27. The summed E-state index contributed by atoms with van der Waals surface area (Å²) in [7, 11) is 0. The number of amides is 1. The van der Waals surface area contributed by atoms with Crippen molar-refractivity contribution in [2.45, 2.75) is 20.4 Å². The second-order valence-electron chi connectivity index (χ2n) is 7.77. The second kappa shape index (κ2) is 8.82. The van der Waals surface area contributed by atoms with Gasteiger partial charge in [0.1, 0.15) is 17.5 Å². The highest BCUT2D eigenvalue weighted by atomic mass is 19.1. The lowest BCUT2D eigenvalue weighted by Gasteiger charge is -2.10. The van der Waals surface area contributed by atoms with Gasteiger partial charge in [-0.1, -0.05) is 30.3 Å². The van der Waals surface area contributed by atoms with Crippen LogP contribution >= 0.6 is 0 Å². The van der Waals surface area contributed by atoms with Crippen LogP contribution in [0.15, 0.2) is 72.9 Å². The zero-order valence-corrected chi connectivity index (χ0v) is 18.7. The molecule has 0 radical (unpaired) electrons. The number of anilines is 1. The molecule has 0 atom stereocenters. The van der Waals surface area contributed by atoms with E-state index in [1.807, 2.05) is 37.3 Å². The lowest BCUT2D eigenvalue weighted by atomic mass is 10.1. The maximum absolute atomic E-state index is 13.4. The molecule has 0 saturated heterocycles. The van der Waals surface area contributed by atoms with Gasteiger partial charge in [0.15, 0.2) is 5.65 Å². The Morgan fingerprint density at radius 3 is 2.38 bits per heavy atom. The number of halogens is 1. The van der Waals surface area contributed by atoms with Crippen LogP contribution in [0.4, 0.5) is 10.2 Å². The Morgan fingerprint density at radius 2 is 1.65 bits per heavy atom. The van der Waals surface area contributed by atoms with Gasteiger partial charge in [-0.05, 0) is 44.2 Å². The molecule has 0 unspecified atom stereocenters. The van der Waals surface area contributed by atoms with Crippen molar-refractivity contribution in [1.29, 1.82) is 0 Å². The third-order valence-electron chi connectivity index (χ3n) is 5.44. The minimum atomic E-state index is -0.330. The number of benzene rings is 2. The summed E-state index contributed by atoms with van der Waals surface area (Å²) >= 11 is 0. The highest BCUT2D eigenvalue weighted by Gasteiger charge is 2.18. The highest BCUT2D eigenvalue weighted by Crippen LogP contribution is 2.26. The number of hydrogen-bond acceptors (Lipinski definition) is 5. The van der Waals surface area contributed by atoms with E-state index in [4.69, 9.17) is 4.98 Å². The lowest BCUT2D eigenvalue weighted by Crippen LogP contribution is -2.15. The molecular formula is C26H21FN6O. The summed E-state index contributed by atoms with van der Waals surface area (Å²) in [6.07, 6.45) is 1.66. The molecule has 1 amide bonds. The van der Waals surface area contributed by atoms with Crippen LogP contribution in [0, 0.1) is 12.7 Å². The summed E-state index contributed by atoms with van der Waals surface area (Å²) in [5.74, 6) is 0.182. The predicted octanol–water partition coefficient (Wildman–Crippen LogP) is 5.28. The molecule has 3 heterocycles. The van der Waals surface area contributed by atoms with E-state index in [0.717, 1.165) is 11.1 Å². The molecule has 0 aliphatic carbocycles. The first-order valence-corrected chi connectivity index (χ1v) is 10.9. The van der Waals surface area contributed by atoms with Crippen LogP contribution in [0.3, 0.4) is 0 Å². The van der Waals surface area contributed by atoms with Crippen molar-refractivity contribution in [2.75, 3.05) is 5.32 Å². The molecule has 7 nitrogen and oxygen atoms in total. The SMILES string of the molecule is CCn1ncc2c(C(=O)Nc3cc(-c4ccc(F)cc4)nc(C)n3)cc(-c3ccccc3)nc21. The minimum absolute atomic E-state index is 0.327. The normalized spacial score (nSPS) is 11.0. The van der Waals surface area contributed by atoms with E-state index in [2.05, 4.69) is 20.4 Å². The summed E-state index contributed by atoms with van der Waals surface area (Å²) in [6.45, 7) is 4.34. The molecule has 5 rings (SSSR count). The highest BCUT2D eigenvalue weighted by molar-refractivity contribution is 6.12. The number of fused-ring (bicyclic) bond motifs is 1. The topological polar surface area (TPSA) is 85.6 Å². The Labute approximate surface area is 195 Å². The van der Waals surface area contributed by atoms with E-state index in [-0.39, 0.29) is 11.7 Å². The summed E-state index contributed by atoms with van der Waals surface area (Å²) < 4.78 is 15.1. The third-order valence-corrected chi connectivity index (χ3v) is 5.44. The van der Waals surface area contributed by atoms with Gasteiger partial charge in [-0.2, -0.15) is 5.10 Å². The van der Waals surface area contributed by atoms with Gasteiger partial charge in [-0.15, -0.1) is 0 Å². The number of nitrogens with zero attached hydrogens (tertiary/aromatic N) is 5. The average molecular weight is 452 g/mol. The molecule has 0 aliphatic rings. The van der Waals surface area contributed by atoms with Crippen molar-refractivity contribution in [2.24, 2.45) is 0 Å². The monoisotopic (exact) mass is 452 g/mol. The quantitative estimate of drug-likeness (QED) is 0.392. The van der Waals surface area contributed by atoms with Gasteiger partial charge in [0.05, 0.1) is 28.5 Å². The number of carbonyl (C=O) groups is 1. The van der Waals surface area contributed by atoms with Crippen molar-refractivity contribution in [3.63, 3.8) is 0 Å². The van der Waals surface area contributed by atoms with E-state index in [1.165, 1.54) is 12.1 Å². The number of pyridine rings is 1. The molecule has 0 fully saturated rings. The summed E-state index contributed by atoms with van der Waals surface area (Å²) in [4.78, 5) is 27.0. The van der Waals surface area contributed by atoms with Crippen LogP contribution < -0.4 is 5.32 Å². The summed E-state index contributed by atoms with van der Waals surface area (Å²) in [5.41, 5.74) is 3.98. The molecule has 34 heavy (non-hydrogen) atoms. The van der Waals surface area contributed by atoms with E-state index in [1.54, 1.807) is 42.1 Å². The number of rotatable bonds is 5. The van der Waals surface area contributed by atoms with Gasteiger partial charge in [-0.25, -0.2) is 24.0 Å². The van der Waals surface area contributed by atoms with Gasteiger partial charge in [0.25, 0.3) is 5.91 Å². The number of carbonyl (C=O) groups excluding carboxylic acids is 1. The Bertz CT molecular complexity index is 1500. The van der Waals surface area contributed by atoms with Gasteiger partial charge in [0, 0.05) is 23.7 Å². The first-order valence-electron chi connectivity index (χ1n) is 10.9. The fourth-order valence-electron chi connectivity index (χ4n) is 3.81. The first kappa shape index (κ1) is 21.4. The van der Waals surface area contributed by atoms with Crippen molar-refractivity contribution >= 4 is 22.8 Å². The Morgan fingerprint density at radius 1 is 0.941 bits per heavy atom. The fourth-order valence-corrected chi connectivity index (χ4v) is 3.81. The van der Waals surface area contributed by atoms with Crippen molar-refractivity contribution < 1.29 is 9.18 Å². The zero-order chi connectivity index (χ0) is 23.7. The Kier molecular flexibility index (Phi) is 5.55. The molecule has 2 aromatic carbocycles. The Balaban J connectivity index is 1.55. The molecule has 168 valence electrons. The van der Waals surface area contributed by atoms with E-state index < -0.39 is 0 Å². The summed E-state index contributed by atoms with van der Waals surface area (Å²) in [5, 5.41) is 7.94. The maximum Gasteiger partial charge on any atom is 0.257 e. The number of hydrogen-bond donors (Lipinski definition) is 1. The van der Waals surface area contributed by atoms with E-state index >= 15 is 0 Å². The largest absolute Gasteiger partial charge is 0.306 e. The standard InChI is InChI=1S/C26H21FN6O/c1-3-33-25-21(15-28-33)20(13-22(31-25)17-7-5-4-6-8-17)26(34)32-24-14-23(29-16(2)30-24)18-9-11-19(27)12-10-18/h4-15H,3H2,1-2H3,(H,29,30,32,34). The predicted molar refractivity (Wildman–Crippen MR) is 129 cm³/mol. The van der Waals surface area contributed by atoms with Crippen LogP contribution in [0.25, 0.3) is 33.5 Å². The lowest BCUT2D eigenvalue weighted by molar-refractivity contribution is 0.102. The third kappa shape index (κ3) is 4.13. The van der Waals surface area contributed by atoms with Gasteiger partial charge in [0.2, 0.25) is 0 Å². The van der Waals surface area contributed by atoms with Gasteiger partial charge < -0.3 is 5.32 Å². The molecule has 0 aliphatic heterocycles. The van der Waals surface area contributed by atoms with Gasteiger partial charge >= 0.3 is 0 Å². The number of aromatic nitrogens is 5. The molecule has 5 aromatic rings. The van der Waals surface area contributed by atoms with E-state index in [9.17, 15) is 9.18 Å². The fraction of sp³-hybridized carbons (Fsp3) is 0.115. The number of aryl methyl sites for hydroxylation is 2. The van der Waals surface area contributed by atoms with Crippen LogP contribution in [0.2, 0.25) is 0 Å². The van der Waals surface area contributed by atoms with Crippen LogP contribution in [-0.2, 0) is 6.54 Å². The van der Waals surface area contributed by atoms with Crippen molar-refractivity contribution in [3.05, 3.63) is 90.1 Å². The van der Waals surface area contributed by atoms with E-state index in [0.29, 0.717) is 46.2 Å². The second-order valence-corrected chi connectivity index (χ2v) is 7.77. The zero-order valence-electron chi connectivity index (χ0n) is 18.7. The van der Waals surface area contributed by atoms with Crippen LogP contribution in [-0.4, -0.2) is 30.6 Å². The maximum atomic E-state index is 13.4. The molecule has 0 spiro atoms. The molecule has 1 N–H and O–H groups in total. The van der Waals surface area contributed by atoms with Crippen LogP contribution in [0.1, 0.15) is 23.1 Å². The number of nitrogens with one attached hydrogen (secondary N) is 1. The Hall–Kier alpha value is -4.46.